The van der Waals surface area contributed by atoms with Gasteiger partial charge in [0.2, 0.25) is 17.7 Å². The molecule has 31 heavy (non-hydrogen) atoms. The fourth-order valence-electron chi connectivity index (χ4n) is 4.01. The predicted molar refractivity (Wildman–Crippen MR) is 108 cm³/mol. The molecular formula is C21H26ClF4N3O2. The number of nitrogens with one attached hydrogen (secondary N) is 1. The highest BCUT2D eigenvalue weighted by Crippen LogP contribution is 2.37. The van der Waals surface area contributed by atoms with Gasteiger partial charge in [-0.1, -0.05) is 11.6 Å². The maximum Gasteiger partial charge on any atom is 0.248 e. The fourth-order valence-corrected chi connectivity index (χ4v) is 4.19. The molecule has 1 aliphatic heterocycles. The monoisotopic (exact) mass is 463 g/mol. The molecule has 1 heterocycles. The van der Waals surface area contributed by atoms with Gasteiger partial charge in [0.1, 0.15) is 11.6 Å². The highest BCUT2D eigenvalue weighted by atomic mass is 35.5. The number of alkyl halides is 2. The third kappa shape index (κ3) is 6.80. The molecule has 0 spiro atoms. The van der Waals surface area contributed by atoms with E-state index in [0.29, 0.717) is 44.6 Å². The lowest BCUT2D eigenvalue weighted by atomic mass is 9.84. The highest BCUT2D eigenvalue weighted by molar-refractivity contribution is 6.30. The van der Waals surface area contributed by atoms with Crippen LogP contribution in [0.3, 0.4) is 0 Å². The van der Waals surface area contributed by atoms with Gasteiger partial charge in [-0.05, 0) is 24.8 Å². The SMILES string of the molecule is O=C(CC1CCC(F)(F)CC1)NCC(=O)N1CCN(Cc2cc(Cl)c(F)cc2F)CC1. The van der Waals surface area contributed by atoms with E-state index in [0.717, 1.165) is 6.07 Å². The minimum atomic E-state index is -2.63. The van der Waals surface area contributed by atoms with Crippen molar-refractivity contribution in [1.29, 1.82) is 0 Å². The van der Waals surface area contributed by atoms with Crippen molar-refractivity contribution in [1.82, 2.24) is 15.1 Å². The molecule has 0 unspecified atom stereocenters. The minimum Gasteiger partial charge on any atom is -0.347 e. The van der Waals surface area contributed by atoms with Gasteiger partial charge in [0.25, 0.3) is 0 Å². The van der Waals surface area contributed by atoms with Gasteiger partial charge >= 0.3 is 0 Å². The second-order valence-electron chi connectivity index (χ2n) is 8.29. The molecule has 0 atom stereocenters. The summed E-state index contributed by atoms with van der Waals surface area (Å²) in [6, 6.07) is 2.03. The maximum atomic E-state index is 13.9. The summed E-state index contributed by atoms with van der Waals surface area (Å²) in [5, 5.41) is 2.45. The Morgan fingerprint density at radius 3 is 2.35 bits per heavy atom. The zero-order chi connectivity index (χ0) is 22.6. The van der Waals surface area contributed by atoms with Crippen LogP contribution < -0.4 is 5.32 Å². The van der Waals surface area contributed by atoms with E-state index in [4.69, 9.17) is 11.6 Å². The molecule has 0 bridgehead atoms. The molecule has 0 aromatic heterocycles. The summed E-state index contributed by atoms with van der Waals surface area (Å²) >= 11 is 5.72. The number of amides is 2. The number of nitrogens with zero attached hydrogens (tertiary/aromatic N) is 2. The summed E-state index contributed by atoms with van der Waals surface area (Å²) in [6.45, 7) is 1.97. The first-order chi connectivity index (χ1) is 14.6. The van der Waals surface area contributed by atoms with E-state index in [1.165, 1.54) is 6.07 Å². The Morgan fingerprint density at radius 1 is 1.06 bits per heavy atom. The van der Waals surface area contributed by atoms with E-state index in [1.54, 1.807) is 4.90 Å². The van der Waals surface area contributed by atoms with Crippen molar-refractivity contribution < 1.29 is 27.2 Å². The molecule has 0 radical (unpaired) electrons. The Labute approximate surface area is 183 Å². The van der Waals surface area contributed by atoms with Crippen molar-refractivity contribution in [2.75, 3.05) is 32.7 Å². The Morgan fingerprint density at radius 2 is 1.71 bits per heavy atom. The number of hydrogen-bond donors (Lipinski definition) is 1. The molecule has 1 saturated heterocycles. The molecule has 1 N–H and O–H groups in total. The fraction of sp³-hybridized carbons (Fsp3) is 0.619. The first-order valence-electron chi connectivity index (χ1n) is 10.4. The van der Waals surface area contributed by atoms with Crippen LogP contribution in [0.5, 0.6) is 0 Å². The Bertz CT molecular complexity index is 806. The van der Waals surface area contributed by atoms with Crippen molar-refractivity contribution >= 4 is 23.4 Å². The Kier molecular flexibility index (Phi) is 7.80. The molecule has 2 fully saturated rings. The normalized spacial score (nSPS) is 20.0. The van der Waals surface area contributed by atoms with Gasteiger partial charge in [0, 0.05) is 63.6 Å². The second kappa shape index (κ2) is 10.2. The third-order valence-corrected chi connectivity index (χ3v) is 6.25. The van der Waals surface area contributed by atoms with Crippen LogP contribution in [0.4, 0.5) is 17.6 Å². The van der Waals surface area contributed by atoms with Crippen LogP contribution in [-0.2, 0) is 16.1 Å². The Balaban J connectivity index is 1.37. The Hall–Kier alpha value is -1.87. The van der Waals surface area contributed by atoms with Crippen LogP contribution in [0, 0.1) is 17.6 Å². The molecule has 1 aliphatic carbocycles. The van der Waals surface area contributed by atoms with Crippen LogP contribution in [0.1, 0.15) is 37.7 Å². The summed E-state index contributed by atoms with van der Waals surface area (Å²) in [5.74, 6) is -4.69. The molecule has 1 aromatic carbocycles. The number of piperazine rings is 1. The van der Waals surface area contributed by atoms with Crippen LogP contribution in [-0.4, -0.2) is 60.3 Å². The quantitative estimate of drug-likeness (QED) is 0.518. The molecule has 1 saturated carbocycles. The number of carbonyl (C=O) groups is 2. The lowest BCUT2D eigenvalue weighted by Gasteiger charge is -2.35. The highest BCUT2D eigenvalue weighted by Gasteiger charge is 2.35. The standard InChI is InChI=1S/C21H26ClF4N3O2/c22-16-10-15(17(23)11-18(16)24)13-28-5-7-29(8-6-28)20(31)12-27-19(30)9-14-1-3-21(25,26)4-2-14/h10-11,14H,1-9,12-13H2,(H,27,30). The molecule has 2 aliphatic rings. The molecule has 5 nitrogen and oxygen atoms in total. The zero-order valence-corrected chi connectivity index (χ0v) is 17.9. The van der Waals surface area contributed by atoms with Crippen molar-refractivity contribution in [2.45, 2.75) is 44.6 Å². The molecular weight excluding hydrogens is 438 g/mol. The number of benzene rings is 1. The van der Waals surface area contributed by atoms with E-state index in [2.05, 4.69) is 5.32 Å². The lowest BCUT2D eigenvalue weighted by molar-refractivity contribution is -0.134. The number of halogens is 5. The number of rotatable bonds is 6. The van der Waals surface area contributed by atoms with E-state index in [1.807, 2.05) is 4.90 Å². The summed E-state index contributed by atoms with van der Waals surface area (Å²) in [4.78, 5) is 28.0. The summed E-state index contributed by atoms with van der Waals surface area (Å²) in [6.07, 6.45) is 0.402. The molecule has 10 heteroatoms. The van der Waals surface area contributed by atoms with Crippen LogP contribution in [0.25, 0.3) is 0 Å². The van der Waals surface area contributed by atoms with Crippen molar-refractivity contribution in [3.8, 4) is 0 Å². The molecule has 3 rings (SSSR count). The minimum absolute atomic E-state index is 0.0707. The molecule has 2 amide bonds. The largest absolute Gasteiger partial charge is 0.347 e. The average molecular weight is 464 g/mol. The maximum absolute atomic E-state index is 13.9. The summed E-state index contributed by atoms with van der Waals surface area (Å²) < 4.78 is 53.6. The van der Waals surface area contributed by atoms with Crippen molar-refractivity contribution in [3.63, 3.8) is 0 Å². The zero-order valence-electron chi connectivity index (χ0n) is 17.1. The van der Waals surface area contributed by atoms with Gasteiger partial charge in [-0.3, -0.25) is 14.5 Å². The summed E-state index contributed by atoms with van der Waals surface area (Å²) in [7, 11) is 0. The molecule has 172 valence electrons. The van der Waals surface area contributed by atoms with Gasteiger partial charge in [0.15, 0.2) is 0 Å². The number of carbonyl (C=O) groups excluding carboxylic acids is 2. The van der Waals surface area contributed by atoms with Gasteiger partial charge in [-0.25, -0.2) is 17.6 Å². The first kappa shape index (κ1) is 23.8. The van der Waals surface area contributed by atoms with Crippen molar-refractivity contribution in [2.24, 2.45) is 5.92 Å². The van der Waals surface area contributed by atoms with Gasteiger partial charge in [-0.15, -0.1) is 0 Å². The number of hydrogen-bond acceptors (Lipinski definition) is 3. The van der Waals surface area contributed by atoms with E-state index in [9.17, 15) is 27.2 Å². The molecule has 1 aromatic rings. The van der Waals surface area contributed by atoms with Gasteiger partial charge < -0.3 is 10.2 Å². The third-order valence-electron chi connectivity index (χ3n) is 5.96. The van der Waals surface area contributed by atoms with Crippen LogP contribution in [0.15, 0.2) is 12.1 Å². The first-order valence-corrected chi connectivity index (χ1v) is 10.8. The van der Waals surface area contributed by atoms with Crippen LogP contribution in [0.2, 0.25) is 5.02 Å². The van der Waals surface area contributed by atoms with Gasteiger partial charge in [-0.2, -0.15) is 0 Å². The second-order valence-corrected chi connectivity index (χ2v) is 8.70. The van der Waals surface area contributed by atoms with Gasteiger partial charge in [0.05, 0.1) is 11.6 Å². The lowest BCUT2D eigenvalue weighted by Crippen LogP contribution is -2.51. The van der Waals surface area contributed by atoms with E-state index in [-0.39, 0.29) is 55.1 Å². The van der Waals surface area contributed by atoms with E-state index < -0.39 is 17.6 Å². The summed E-state index contributed by atoms with van der Waals surface area (Å²) in [5.41, 5.74) is 0.291. The average Bonchev–Trinajstić information content (AvgIpc) is 2.72. The predicted octanol–water partition coefficient (Wildman–Crippen LogP) is 3.59. The smallest absolute Gasteiger partial charge is 0.248 e. The topological polar surface area (TPSA) is 52.7 Å². The van der Waals surface area contributed by atoms with Crippen molar-refractivity contribution in [3.05, 3.63) is 34.4 Å². The van der Waals surface area contributed by atoms with Crippen LogP contribution >= 0.6 is 11.6 Å². The van der Waals surface area contributed by atoms with E-state index >= 15 is 0 Å².